The van der Waals surface area contributed by atoms with Gasteiger partial charge in [0.15, 0.2) is 0 Å². The van der Waals surface area contributed by atoms with Crippen molar-refractivity contribution in [3.05, 3.63) is 23.9 Å². The van der Waals surface area contributed by atoms with Crippen molar-refractivity contribution in [1.29, 1.82) is 0 Å². The topological polar surface area (TPSA) is 66.0 Å². The van der Waals surface area contributed by atoms with Gasteiger partial charge in [0.2, 0.25) is 5.91 Å². The van der Waals surface area contributed by atoms with E-state index in [1.54, 1.807) is 12.3 Å². The van der Waals surface area contributed by atoms with Crippen molar-refractivity contribution in [1.82, 2.24) is 14.8 Å². The molecule has 0 bridgehead atoms. The van der Waals surface area contributed by atoms with Crippen LogP contribution in [0.1, 0.15) is 23.2 Å². The molecule has 0 unspecified atom stereocenters. The second-order valence-electron chi connectivity index (χ2n) is 6.77. The largest absolute Gasteiger partial charge is 0.378 e. The molecule has 2 aliphatic heterocycles. The highest BCUT2D eigenvalue weighted by Gasteiger charge is 2.31. The smallest absolute Gasteiger partial charge is 0.257 e. The van der Waals surface area contributed by atoms with Crippen LogP contribution >= 0.6 is 0 Å². The second kappa shape index (κ2) is 7.82. The quantitative estimate of drug-likeness (QED) is 0.812. The SMILES string of the molecule is CN(C)c1ncccc1C(=O)N1CCC(C(=O)N2CCOCC2)CC1. The lowest BCUT2D eigenvalue weighted by Gasteiger charge is -2.35. The van der Waals surface area contributed by atoms with Crippen LogP contribution in [0, 0.1) is 5.92 Å². The van der Waals surface area contributed by atoms with Crippen LogP contribution in [0.4, 0.5) is 5.82 Å². The number of nitrogens with zero attached hydrogens (tertiary/aromatic N) is 4. The summed E-state index contributed by atoms with van der Waals surface area (Å²) in [6.45, 7) is 3.83. The number of hydrogen-bond acceptors (Lipinski definition) is 5. The van der Waals surface area contributed by atoms with E-state index < -0.39 is 0 Å². The Kier molecular flexibility index (Phi) is 5.53. The highest BCUT2D eigenvalue weighted by Crippen LogP contribution is 2.24. The Morgan fingerprint density at radius 1 is 1.12 bits per heavy atom. The van der Waals surface area contributed by atoms with Crippen LogP contribution in [0.15, 0.2) is 18.3 Å². The van der Waals surface area contributed by atoms with Gasteiger partial charge in [-0.15, -0.1) is 0 Å². The minimum atomic E-state index is -0.00549. The van der Waals surface area contributed by atoms with Gasteiger partial charge < -0.3 is 19.4 Å². The lowest BCUT2D eigenvalue weighted by Crippen LogP contribution is -2.47. The third-order valence-electron chi connectivity index (χ3n) is 4.89. The third-order valence-corrected chi connectivity index (χ3v) is 4.89. The van der Waals surface area contributed by atoms with E-state index in [0.717, 1.165) is 12.8 Å². The Hall–Kier alpha value is -2.15. The third kappa shape index (κ3) is 3.92. The molecule has 2 aliphatic rings. The van der Waals surface area contributed by atoms with Crippen molar-refractivity contribution in [3.8, 4) is 0 Å². The Morgan fingerprint density at radius 3 is 2.44 bits per heavy atom. The number of rotatable bonds is 3. The van der Waals surface area contributed by atoms with Crippen molar-refractivity contribution in [2.45, 2.75) is 12.8 Å². The van der Waals surface area contributed by atoms with E-state index in [4.69, 9.17) is 4.74 Å². The molecule has 2 saturated heterocycles. The van der Waals surface area contributed by atoms with Crippen LogP contribution < -0.4 is 4.90 Å². The summed E-state index contributed by atoms with van der Waals surface area (Å²) in [4.78, 5) is 35.3. The normalized spacial score (nSPS) is 19.0. The molecule has 136 valence electrons. The first kappa shape index (κ1) is 17.7. The molecular formula is C18H26N4O3. The highest BCUT2D eigenvalue weighted by molar-refractivity contribution is 5.99. The fourth-order valence-corrected chi connectivity index (χ4v) is 3.46. The molecule has 3 rings (SSSR count). The maximum atomic E-state index is 12.9. The number of likely N-dealkylation sites (tertiary alicyclic amines) is 1. The molecule has 0 saturated carbocycles. The number of aromatic nitrogens is 1. The molecule has 1 aromatic rings. The Balaban J connectivity index is 1.60. The molecule has 0 atom stereocenters. The van der Waals surface area contributed by atoms with E-state index in [1.807, 2.05) is 34.9 Å². The molecule has 0 aromatic carbocycles. The summed E-state index contributed by atoms with van der Waals surface area (Å²) in [5, 5.41) is 0. The van der Waals surface area contributed by atoms with Crippen molar-refractivity contribution in [2.24, 2.45) is 5.92 Å². The second-order valence-corrected chi connectivity index (χ2v) is 6.77. The van der Waals surface area contributed by atoms with Crippen LogP contribution in [0.25, 0.3) is 0 Å². The fraction of sp³-hybridized carbons (Fsp3) is 0.611. The van der Waals surface area contributed by atoms with E-state index in [1.165, 1.54) is 0 Å². The number of anilines is 1. The number of piperidine rings is 1. The average Bonchev–Trinajstić information content (AvgIpc) is 2.67. The van der Waals surface area contributed by atoms with Crippen LogP contribution in [0.3, 0.4) is 0 Å². The maximum Gasteiger partial charge on any atom is 0.257 e. The minimum Gasteiger partial charge on any atom is -0.378 e. The van der Waals surface area contributed by atoms with E-state index in [-0.39, 0.29) is 17.7 Å². The summed E-state index contributed by atoms with van der Waals surface area (Å²) < 4.78 is 5.31. The predicted molar refractivity (Wildman–Crippen MR) is 94.6 cm³/mol. The first-order chi connectivity index (χ1) is 12.1. The standard InChI is InChI=1S/C18H26N4O3/c1-20(2)16-15(4-3-7-19-16)18(24)21-8-5-14(6-9-21)17(23)22-10-12-25-13-11-22/h3-4,7,14H,5-6,8-13H2,1-2H3. The van der Waals surface area contributed by atoms with Gasteiger partial charge in [-0.2, -0.15) is 0 Å². The maximum absolute atomic E-state index is 12.9. The van der Waals surface area contributed by atoms with Gasteiger partial charge in [0.1, 0.15) is 5.82 Å². The van der Waals surface area contributed by atoms with E-state index in [0.29, 0.717) is 50.8 Å². The zero-order valence-electron chi connectivity index (χ0n) is 15.0. The number of carbonyl (C=O) groups excluding carboxylic acids is 2. The van der Waals surface area contributed by atoms with Gasteiger partial charge in [0.25, 0.3) is 5.91 Å². The highest BCUT2D eigenvalue weighted by atomic mass is 16.5. The zero-order chi connectivity index (χ0) is 17.8. The Bertz CT molecular complexity index is 621. The molecular weight excluding hydrogens is 320 g/mol. The summed E-state index contributed by atoms with van der Waals surface area (Å²) in [7, 11) is 3.76. The van der Waals surface area contributed by atoms with E-state index >= 15 is 0 Å². The molecule has 7 nitrogen and oxygen atoms in total. The van der Waals surface area contributed by atoms with Gasteiger partial charge in [-0.05, 0) is 25.0 Å². The lowest BCUT2D eigenvalue weighted by atomic mass is 9.94. The van der Waals surface area contributed by atoms with Gasteiger partial charge in [0, 0.05) is 52.4 Å². The van der Waals surface area contributed by atoms with Crippen molar-refractivity contribution >= 4 is 17.6 Å². The molecule has 0 N–H and O–H groups in total. The van der Waals surface area contributed by atoms with E-state index in [2.05, 4.69) is 4.98 Å². The van der Waals surface area contributed by atoms with Gasteiger partial charge >= 0.3 is 0 Å². The predicted octanol–water partition coefficient (Wildman–Crippen LogP) is 0.859. The van der Waals surface area contributed by atoms with Crippen LogP contribution in [-0.4, -0.2) is 80.1 Å². The number of hydrogen-bond donors (Lipinski definition) is 0. The number of morpholine rings is 1. The first-order valence-electron chi connectivity index (χ1n) is 8.86. The molecule has 7 heteroatoms. The van der Waals surface area contributed by atoms with Crippen molar-refractivity contribution in [3.63, 3.8) is 0 Å². The average molecular weight is 346 g/mol. The van der Waals surface area contributed by atoms with Crippen molar-refractivity contribution < 1.29 is 14.3 Å². The summed E-state index contributed by atoms with van der Waals surface area (Å²) >= 11 is 0. The number of ether oxygens (including phenoxy) is 1. The minimum absolute atomic E-state index is 0.00549. The monoisotopic (exact) mass is 346 g/mol. The molecule has 2 amide bonds. The number of pyridine rings is 1. The van der Waals surface area contributed by atoms with Gasteiger partial charge in [-0.1, -0.05) is 0 Å². The zero-order valence-corrected chi connectivity index (χ0v) is 15.0. The molecule has 1 aromatic heterocycles. The summed E-state index contributed by atoms with van der Waals surface area (Å²) in [5.74, 6) is 0.906. The molecule has 0 aliphatic carbocycles. The number of amides is 2. The van der Waals surface area contributed by atoms with Gasteiger partial charge in [-0.25, -0.2) is 4.98 Å². The first-order valence-corrected chi connectivity index (χ1v) is 8.86. The lowest BCUT2D eigenvalue weighted by molar-refractivity contribution is -0.141. The van der Waals surface area contributed by atoms with Crippen LogP contribution in [-0.2, 0) is 9.53 Å². The molecule has 3 heterocycles. The Labute approximate surface area is 148 Å². The van der Waals surface area contributed by atoms with Crippen LogP contribution in [0.2, 0.25) is 0 Å². The van der Waals surface area contributed by atoms with E-state index in [9.17, 15) is 9.59 Å². The van der Waals surface area contributed by atoms with Crippen molar-refractivity contribution in [2.75, 3.05) is 58.4 Å². The number of carbonyl (C=O) groups is 2. The van der Waals surface area contributed by atoms with Crippen LogP contribution in [0.5, 0.6) is 0 Å². The summed E-state index contributed by atoms with van der Waals surface area (Å²) in [5.41, 5.74) is 0.616. The summed E-state index contributed by atoms with van der Waals surface area (Å²) in [6, 6.07) is 3.60. The molecule has 2 fully saturated rings. The Morgan fingerprint density at radius 2 is 1.80 bits per heavy atom. The summed E-state index contributed by atoms with van der Waals surface area (Å²) in [6.07, 6.45) is 3.14. The fourth-order valence-electron chi connectivity index (χ4n) is 3.46. The molecule has 25 heavy (non-hydrogen) atoms. The van der Waals surface area contributed by atoms with Gasteiger partial charge in [0.05, 0.1) is 18.8 Å². The molecule has 0 radical (unpaired) electrons. The van der Waals surface area contributed by atoms with Gasteiger partial charge in [-0.3, -0.25) is 9.59 Å². The molecule has 0 spiro atoms.